The van der Waals surface area contributed by atoms with Crippen LogP contribution in [0.2, 0.25) is 8.67 Å². The lowest BCUT2D eigenvalue weighted by Gasteiger charge is -2.03. The first-order valence-electron chi connectivity index (χ1n) is 17.0. The molecule has 56 heavy (non-hydrogen) atoms. The lowest BCUT2D eigenvalue weighted by molar-refractivity contribution is 0.425. The Balaban J connectivity index is 0.000000158. The van der Waals surface area contributed by atoms with Gasteiger partial charge in [0.15, 0.2) is 0 Å². The summed E-state index contributed by atoms with van der Waals surface area (Å²) in [7, 11) is -1.40. The molecule has 12 nitrogen and oxygen atoms in total. The number of thiophene rings is 2. The van der Waals surface area contributed by atoms with E-state index >= 15 is 0 Å². The molecule has 0 spiro atoms. The third kappa shape index (κ3) is 12.0. The molecule has 0 saturated carbocycles. The molecule has 0 saturated heterocycles. The van der Waals surface area contributed by atoms with E-state index in [1.807, 2.05) is 60.7 Å². The van der Waals surface area contributed by atoms with Crippen molar-refractivity contribution in [2.24, 2.45) is 0 Å². The number of hydrogen-bond donors (Lipinski definition) is 6. The first kappa shape index (κ1) is 40.7. The van der Waals surface area contributed by atoms with E-state index in [-0.39, 0.29) is 11.1 Å². The fourth-order valence-electron chi connectivity index (χ4n) is 5.32. The Morgan fingerprint density at radius 2 is 1.20 bits per heavy atom. The number of halogens is 3. The molecule has 8 aromatic rings. The van der Waals surface area contributed by atoms with E-state index < -0.39 is 7.12 Å². The minimum absolute atomic E-state index is 0.155. The smallest absolute Gasteiger partial charge is 0.423 e. The average molecular weight is 890 g/mol. The van der Waals surface area contributed by atoms with Crippen molar-refractivity contribution in [1.29, 1.82) is 0 Å². The molecule has 0 aliphatic carbocycles. The van der Waals surface area contributed by atoms with E-state index in [2.05, 4.69) is 56.3 Å². The Kier molecular flexibility index (Phi) is 14.4. The number of hydrogen-bond acceptors (Lipinski definition) is 10. The maximum Gasteiger partial charge on any atom is 0.490 e. The number of aryl methyl sites for hydroxylation is 4. The molecule has 0 aromatic carbocycles. The number of aromatic nitrogens is 8. The van der Waals surface area contributed by atoms with E-state index in [1.54, 1.807) is 59.5 Å². The predicted octanol–water partition coefficient (Wildman–Crippen LogP) is 7.12. The zero-order valence-electron chi connectivity index (χ0n) is 29.2. The highest BCUT2D eigenvalue weighted by Crippen LogP contribution is 2.26. The van der Waals surface area contributed by atoms with Crippen LogP contribution < -0.4 is 16.6 Å². The standard InChI is InChI=1S/C19H15ClN4OS.C14H11BrClN3OS.C5H6BNO2/c20-18-6-5-15(26-18)4-3-14-10-17(24-23-14)13-8-16(22-19(25)9-13)12-2-1-7-21-11-12;15-12-5-8(6-14(20)17-12)11-7-9(18-19-11)1-2-10-3-4-13(16)21-10;8-6(9)5-2-1-3-7-4-5/h1-2,5-11H,3-4H2,(H,22,25)(H,23,24);3-7H,1-2H2,(H,17,20)(H,18,19);1-4,8-9H. The van der Waals surface area contributed by atoms with Crippen LogP contribution in [0, 0.1) is 0 Å². The minimum atomic E-state index is -1.40. The largest absolute Gasteiger partial charge is 0.490 e. The fraction of sp³-hybridized carbons (Fsp3) is 0.105. The van der Waals surface area contributed by atoms with Crippen LogP contribution in [0.1, 0.15) is 21.1 Å². The van der Waals surface area contributed by atoms with Gasteiger partial charge < -0.3 is 20.0 Å². The third-order valence-electron chi connectivity index (χ3n) is 8.00. The normalized spacial score (nSPS) is 10.7. The summed E-state index contributed by atoms with van der Waals surface area (Å²) in [6, 6.07) is 25.7. The highest BCUT2D eigenvalue weighted by atomic mass is 79.9. The predicted molar refractivity (Wildman–Crippen MR) is 228 cm³/mol. The first-order chi connectivity index (χ1) is 27.1. The molecule has 0 unspecified atom stereocenters. The molecule has 8 heterocycles. The van der Waals surface area contributed by atoms with E-state index in [0.29, 0.717) is 10.1 Å². The van der Waals surface area contributed by atoms with Crippen LogP contribution in [-0.4, -0.2) is 57.5 Å². The highest BCUT2D eigenvalue weighted by molar-refractivity contribution is 9.10. The molecule has 8 aromatic heterocycles. The van der Waals surface area contributed by atoms with Crippen LogP contribution in [0.5, 0.6) is 0 Å². The van der Waals surface area contributed by atoms with Gasteiger partial charge in [-0.1, -0.05) is 29.3 Å². The summed E-state index contributed by atoms with van der Waals surface area (Å²) >= 11 is 18.3. The van der Waals surface area contributed by atoms with Gasteiger partial charge in [0.2, 0.25) is 11.1 Å². The summed E-state index contributed by atoms with van der Waals surface area (Å²) in [5.41, 5.74) is 6.80. The lowest BCUT2D eigenvalue weighted by Crippen LogP contribution is -2.29. The number of nitrogens with zero attached hydrogens (tertiary/aromatic N) is 4. The SMILES string of the molecule is O=c1cc(-c2cc(CCc3ccc(Cl)s3)[nH]n2)cc(-c2cccnc2)[nH]1.O=c1cc(-c2cc(CCc3ccc(Cl)s3)[nH]n2)cc(Br)[nH]1.OB(O)c1cccnc1. The van der Waals surface area contributed by atoms with Gasteiger partial charge in [0.05, 0.1) is 30.4 Å². The van der Waals surface area contributed by atoms with E-state index in [9.17, 15) is 9.59 Å². The molecule has 0 bridgehead atoms. The Labute approximate surface area is 347 Å². The molecule has 0 atom stereocenters. The third-order valence-corrected chi connectivity index (χ3v) is 11.0. The summed E-state index contributed by atoms with van der Waals surface area (Å²) in [6.07, 6.45) is 9.91. The highest BCUT2D eigenvalue weighted by Gasteiger charge is 2.11. The molecule has 0 aliphatic heterocycles. The lowest BCUT2D eigenvalue weighted by atomic mass is 9.82. The zero-order valence-corrected chi connectivity index (χ0v) is 34.0. The monoisotopic (exact) mass is 888 g/mol. The number of rotatable bonds is 10. The van der Waals surface area contributed by atoms with Crippen molar-refractivity contribution in [3.05, 3.63) is 165 Å². The van der Waals surface area contributed by atoms with Crippen molar-refractivity contribution >= 4 is 74.4 Å². The van der Waals surface area contributed by atoms with Gasteiger partial charge >= 0.3 is 7.12 Å². The van der Waals surface area contributed by atoms with Crippen molar-refractivity contribution in [2.75, 3.05) is 0 Å². The Morgan fingerprint density at radius 3 is 1.66 bits per heavy atom. The van der Waals surface area contributed by atoms with Crippen LogP contribution in [-0.2, 0) is 25.7 Å². The summed E-state index contributed by atoms with van der Waals surface area (Å²) in [4.78, 5) is 39.3. The molecule has 8 rings (SSSR count). The van der Waals surface area contributed by atoms with Gasteiger partial charge in [-0.05, 0) is 108 Å². The maximum atomic E-state index is 12.1. The Bertz CT molecular complexity index is 2590. The van der Waals surface area contributed by atoms with Crippen molar-refractivity contribution in [1.82, 2.24) is 40.3 Å². The van der Waals surface area contributed by atoms with Crippen molar-refractivity contribution < 1.29 is 10.0 Å². The van der Waals surface area contributed by atoms with Gasteiger partial charge in [-0.15, -0.1) is 22.7 Å². The molecule has 18 heteroatoms. The minimum Gasteiger partial charge on any atom is -0.423 e. The van der Waals surface area contributed by atoms with E-state index in [0.717, 1.165) is 79.5 Å². The number of pyridine rings is 4. The molecule has 284 valence electrons. The summed E-state index contributed by atoms with van der Waals surface area (Å²) < 4.78 is 2.25. The van der Waals surface area contributed by atoms with Gasteiger partial charge in [0.25, 0.3) is 0 Å². The van der Waals surface area contributed by atoms with Gasteiger partial charge in [-0.25, -0.2) is 0 Å². The van der Waals surface area contributed by atoms with Crippen molar-refractivity contribution in [2.45, 2.75) is 25.7 Å². The van der Waals surface area contributed by atoms with Gasteiger partial charge in [0.1, 0.15) is 0 Å². The fourth-order valence-corrected chi connectivity index (χ4v) is 7.93. The zero-order chi connectivity index (χ0) is 39.4. The number of nitrogens with one attached hydrogen (secondary N) is 4. The van der Waals surface area contributed by atoms with Crippen LogP contribution in [0.25, 0.3) is 33.8 Å². The van der Waals surface area contributed by atoms with Crippen molar-refractivity contribution in [3.63, 3.8) is 0 Å². The van der Waals surface area contributed by atoms with E-state index in [1.165, 1.54) is 22.0 Å². The summed E-state index contributed by atoms with van der Waals surface area (Å²) in [5, 5.41) is 31.8. The quantitative estimate of drug-likeness (QED) is 0.0619. The molecule has 0 radical (unpaired) electrons. The molecule has 0 aliphatic rings. The molecule has 6 N–H and O–H groups in total. The summed E-state index contributed by atoms with van der Waals surface area (Å²) in [5.74, 6) is 0. The summed E-state index contributed by atoms with van der Waals surface area (Å²) in [6.45, 7) is 0. The van der Waals surface area contributed by atoms with Crippen molar-refractivity contribution in [3.8, 4) is 33.8 Å². The second-order valence-corrected chi connectivity index (χ2v) is 16.6. The maximum absolute atomic E-state index is 12.1. The van der Waals surface area contributed by atoms with Crippen LogP contribution >= 0.6 is 61.8 Å². The molecule has 0 fully saturated rings. The molecular weight excluding hydrogens is 858 g/mol. The molecular formula is C38H32BBrCl2N8O4S2. The topological polar surface area (TPSA) is 189 Å². The van der Waals surface area contributed by atoms with Crippen LogP contribution in [0.4, 0.5) is 0 Å². The van der Waals surface area contributed by atoms with Gasteiger partial charge in [-0.3, -0.25) is 29.8 Å². The number of aromatic amines is 4. The Hall–Kier alpha value is -4.94. The van der Waals surface area contributed by atoms with E-state index in [4.69, 9.17) is 33.2 Å². The average Bonchev–Trinajstić information content (AvgIpc) is 4.03. The number of H-pyrrole nitrogens is 4. The second kappa shape index (κ2) is 19.8. The van der Waals surface area contributed by atoms with Crippen LogP contribution in [0.3, 0.4) is 0 Å². The second-order valence-electron chi connectivity index (χ2n) is 12.1. The Morgan fingerprint density at radius 1 is 0.643 bits per heavy atom. The van der Waals surface area contributed by atoms with Gasteiger partial charge in [-0.2, -0.15) is 10.2 Å². The molecule has 0 amide bonds. The first-order valence-corrected chi connectivity index (χ1v) is 20.1. The van der Waals surface area contributed by atoms with Crippen LogP contribution in [0.15, 0.2) is 124 Å². The van der Waals surface area contributed by atoms with Gasteiger partial charge in [0, 0.05) is 80.2 Å².